The van der Waals surface area contributed by atoms with Crippen LogP contribution in [0, 0.1) is 5.82 Å². The molecule has 19 heavy (non-hydrogen) atoms. The smallest absolute Gasteiger partial charge is 0.389 e. The van der Waals surface area contributed by atoms with Crippen molar-refractivity contribution in [2.24, 2.45) is 0 Å². The molecule has 1 N–H and O–H groups in total. The number of alkyl halides is 3. The molecule has 1 unspecified atom stereocenters. The Morgan fingerprint density at radius 1 is 1.32 bits per heavy atom. The lowest BCUT2D eigenvalue weighted by Gasteiger charge is -2.22. The zero-order chi connectivity index (χ0) is 14.5. The zero-order valence-corrected chi connectivity index (χ0v) is 10.9. The maximum absolute atomic E-state index is 13.8. The van der Waals surface area contributed by atoms with Crippen molar-refractivity contribution >= 4 is 0 Å². The minimum Gasteiger partial charge on any atom is -0.496 e. The van der Waals surface area contributed by atoms with E-state index in [1.165, 1.54) is 25.3 Å². The summed E-state index contributed by atoms with van der Waals surface area (Å²) in [5.41, 5.74) is 0.149. The molecule has 0 fully saturated rings. The van der Waals surface area contributed by atoms with Crippen molar-refractivity contribution in [2.45, 2.75) is 32.0 Å². The number of benzene rings is 1. The molecule has 0 saturated carbocycles. The van der Waals surface area contributed by atoms with Gasteiger partial charge in [0.15, 0.2) is 0 Å². The van der Waals surface area contributed by atoms with Gasteiger partial charge in [-0.15, -0.1) is 0 Å². The van der Waals surface area contributed by atoms with E-state index < -0.39 is 24.5 Å². The third-order valence-electron chi connectivity index (χ3n) is 2.75. The van der Waals surface area contributed by atoms with Gasteiger partial charge < -0.3 is 10.1 Å². The molecule has 0 aliphatic carbocycles. The Balaban J connectivity index is 2.98. The van der Waals surface area contributed by atoms with E-state index in [4.69, 9.17) is 4.74 Å². The second-order valence-corrected chi connectivity index (χ2v) is 4.12. The Kier molecular flexibility index (Phi) is 5.60. The molecular formula is C13H17F4NO. The van der Waals surface area contributed by atoms with Gasteiger partial charge in [0.1, 0.15) is 11.6 Å². The minimum absolute atomic E-state index is 0.149. The lowest BCUT2D eigenvalue weighted by molar-refractivity contribution is -0.136. The van der Waals surface area contributed by atoms with E-state index in [0.29, 0.717) is 6.54 Å². The van der Waals surface area contributed by atoms with Crippen molar-refractivity contribution in [3.8, 4) is 5.75 Å². The second kappa shape index (κ2) is 6.75. The molecule has 0 aromatic heterocycles. The summed E-state index contributed by atoms with van der Waals surface area (Å²) in [7, 11) is 1.37. The second-order valence-electron chi connectivity index (χ2n) is 4.12. The number of hydrogen-bond donors (Lipinski definition) is 1. The first kappa shape index (κ1) is 15.8. The van der Waals surface area contributed by atoms with Crippen LogP contribution in [0.3, 0.4) is 0 Å². The third-order valence-corrected chi connectivity index (χ3v) is 2.75. The molecule has 108 valence electrons. The lowest BCUT2D eigenvalue weighted by Crippen LogP contribution is -2.24. The van der Waals surface area contributed by atoms with Crippen molar-refractivity contribution in [3.63, 3.8) is 0 Å². The molecule has 1 atom stereocenters. The van der Waals surface area contributed by atoms with Gasteiger partial charge in [0.05, 0.1) is 7.11 Å². The average molecular weight is 279 g/mol. The number of ether oxygens (including phenoxy) is 1. The van der Waals surface area contributed by atoms with E-state index in [9.17, 15) is 17.6 Å². The highest BCUT2D eigenvalue weighted by atomic mass is 19.4. The summed E-state index contributed by atoms with van der Waals surface area (Å²) in [4.78, 5) is 0. The van der Waals surface area contributed by atoms with Crippen LogP contribution in [-0.4, -0.2) is 19.8 Å². The summed E-state index contributed by atoms with van der Waals surface area (Å²) >= 11 is 0. The van der Waals surface area contributed by atoms with Crippen LogP contribution < -0.4 is 10.1 Å². The van der Waals surface area contributed by atoms with E-state index >= 15 is 0 Å². The molecular weight excluding hydrogens is 262 g/mol. The SMILES string of the molecule is CCNC(CCC(F)(F)F)c1c(F)cccc1OC. The number of halogens is 4. The Morgan fingerprint density at radius 2 is 2.00 bits per heavy atom. The van der Waals surface area contributed by atoms with E-state index in [1.807, 2.05) is 0 Å². The Bertz CT molecular complexity index is 406. The van der Waals surface area contributed by atoms with Crippen LogP contribution in [0.2, 0.25) is 0 Å². The van der Waals surface area contributed by atoms with Crippen LogP contribution >= 0.6 is 0 Å². The predicted octanol–water partition coefficient (Wildman–Crippen LogP) is 3.83. The van der Waals surface area contributed by atoms with Gasteiger partial charge in [0, 0.05) is 18.0 Å². The van der Waals surface area contributed by atoms with Crippen LogP contribution in [0.4, 0.5) is 17.6 Å². The molecule has 0 aliphatic rings. The highest BCUT2D eigenvalue weighted by Crippen LogP contribution is 2.33. The quantitative estimate of drug-likeness (QED) is 0.799. The maximum Gasteiger partial charge on any atom is 0.389 e. The molecule has 1 rings (SSSR count). The van der Waals surface area contributed by atoms with Gasteiger partial charge in [0.2, 0.25) is 0 Å². The topological polar surface area (TPSA) is 21.3 Å². The van der Waals surface area contributed by atoms with Crippen molar-refractivity contribution < 1.29 is 22.3 Å². The summed E-state index contributed by atoms with van der Waals surface area (Å²) in [5.74, 6) is -0.305. The van der Waals surface area contributed by atoms with Crippen LogP contribution in [0.25, 0.3) is 0 Å². The molecule has 0 bridgehead atoms. The molecule has 0 amide bonds. The highest BCUT2D eigenvalue weighted by Gasteiger charge is 2.30. The lowest BCUT2D eigenvalue weighted by atomic mass is 10.00. The molecule has 0 saturated heterocycles. The van der Waals surface area contributed by atoms with Crippen LogP contribution in [0.1, 0.15) is 31.4 Å². The summed E-state index contributed by atoms with van der Waals surface area (Å²) in [5, 5.41) is 2.87. The monoisotopic (exact) mass is 279 g/mol. The standard InChI is InChI=1S/C13H17F4NO/c1-3-18-10(7-8-13(15,16)17)12-9(14)5-4-6-11(12)19-2/h4-6,10,18H,3,7-8H2,1-2H3. The van der Waals surface area contributed by atoms with E-state index in [-0.39, 0.29) is 17.7 Å². The molecule has 0 radical (unpaired) electrons. The van der Waals surface area contributed by atoms with Gasteiger partial charge in [-0.3, -0.25) is 0 Å². The van der Waals surface area contributed by atoms with Gasteiger partial charge in [-0.1, -0.05) is 13.0 Å². The van der Waals surface area contributed by atoms with Crippen LogP contribution in [0.5, 0.6) is 5.75 Å². The number of hydrogen-bond acceptors (Lipinski definition) is 2. The average Bonchev–Trinajstić information content (AvgIpc) is 2.33. The predicted molar refractivity (Wildman–Crippen MR) is 64.7 cm³/mol. The molecule has 6 heteroatoms. The highest BCUT2D eigenvalue weighted by molar-refractivity contribution is 5.37. The number of nitrogens with one attached hydrogen (secondary N) is 1. The summed E-state index contributed by atoms with van der Waals surface area (Å²) in [6, 6.07) is 3.50. The van der Waals surface area contributed by atoms with E-state index in [1.54, 1.807) is 6.92 Å². The Morgan fingerprint density at radius 3 is 2.53 bits per heavy atom. The van der Waals surface area contributed by atoms with Gasteiger partial charge in [0.25, 0.3) is 0 Å². The fourth-order valence-electron chi connectivity index (χ4n) is 1.94. The molecule has 2 nitrogen and oxygen atoms in total. The largest absolute Gasteiger partial charge is 0.496 e. The fraction of sp³-hybridized carbons (Fsp3) is 0.538. The van der Waals surface area contributed by atoms with E-state index in [0.717, 1.165) is 0 Å². The van der Waals surface area contributed by atoms with Crippen molar-refractivity contribution in [3.05, 3.63) is 29.6 Å². The normalized spacial score (nSPS) is 13.4. The molecule has 0 heterocycles. The van der Waals surface area contributed by atoms with Crippen molar-refractivity contribution in [2.75, 3.05) is 13.7 Å². The Labute approximate surface area is 109 Å². The molecule has 0 aliphatic heterocycles. The summed E-state index contributed by atoms with van der Waals surface area (Å²) < 4.78 is 55.8. The van der Waals surface area contributed by atoms with Crippen molar-refractivity contribution in [1.82, 2.24) is 5.32 Å². The summed E-state index contributed by atoms with van der Waals surface area (Å²) in [6.45, 7) is 2.20. The minimum atomic E-state index is -4.26. The zero-order valence-electron chi connectivity index (χ0n) is 10.9. The maximum atomic E-state index is 13.8. The van der Waals surface area contributed by atoms with Gasteiger partial charge in [-0.05, 0) is 25.1 Å². The molecule has 1 aromatic carbocycles. The van der Waals surface area contributed by atoms with Gasteiger partial charge >= 0.3 is 6.18 Å². The third kappa shape index (κ3) is 4.70. The van der Waals surface area contributed by atoms with E-state index in [2.05, 4.69) is 5.32 Å². The fourth-order valence-corrected chi connectivity index (χ4v) is 1.94. The summed E-state index contributed by atoms with van der Waals surface area (Å²) in [6.07, 6.45) is -5.46. The van der Waals surface area contributed by atoms with Crippen molar-refractivity contribution in [1.29, 1.82) is 0 Å². The number of methoxy groups -OCH3 is 1. The first-order valence-electron chi connectivity index (χ1n) is 6.01. The van der Waals surface area contributed by atoms with Crippen LogP contribution in [-0.2, 0) is 0 Å². The molecule has 0 spiro atoms. The first-order valence-corrected chi connectivity index (χ1v) is 6.01. The first-order chi connectivity index (χ1) is 8.89. The number of rotatable bonds is 6. The molecule has 1 aromatic rings. The van der Waals surface area contributed by atoms with Crippen LogP contribution in [0.15, 0.2) is 18.2 Å². The van der Waals surface area contributed by atoms with Gasteiger partial charge in [-0.2, -0.15) is 13.2 Å². The Hall–Kier alpha value is -1.30. The van der Waals surface area contributed by atoms with Gasteiger partial charge in [-0.25, -0.2) is 4.39 Å².